The SMILES string of the molecule is COC1C(CO)OC(n2cnc3c(N)ncnc32)C1OP(O)(=S)OCC1OC(n2cnc3c(N)ncnc32)C(OP(O)(=S)OCC2OC(n3cnc4c(N)ncnc43)C(O)C2O)C1O. The molecule has 0 aromatic carbocycles. The lowest BCUT2D eigenvalue weighted by molar-refractivity contribution is -0.0591. The highest BCUT2D eigenvalue weighted by Crippen LogP contribution is 2.53. The second-order valence-corrected chi connectivity index (χ2v) is 20.0. The first-order valence-corrected chi connectivity index (χ1v) is 24.0. The largest absolute Gasteiger partial charge is 0.394 e. The van der Waals surface area contributed by atoms with Crippen molar-refractivity contribution in [3.8, 4) is 0 Å². The van der Waals surface area contributed by atoms with Gasteiger partial charge in [0.2, 0.25) is 0 Å². The Bertz CT molecular complexity index is 2770. The third kappa shape index (κ3) is 8.20. The van der Waals surface area contributed by atoms with Crippen LogP contribution in [-0.2, 0) is 60.7 Å². The van der Waals surface area contributed by atoms with Crippen molar-refractivity contribution in [3.63, 3.8) is 0 Å². The first-order valence-electron chi connectivity index (χ1n) is 18.8. The zero-order valence-electron chi connectivity index (χ0n) is 32.8. The minimum atomic E-state index is -4.41. The highest BCUT2D eigenvalue weighted by molar-refractivity contribution is 8.07. The van der Waals surface area contributed by atoms with Crippen LogP contribution in [0.2, 0.25) is 0 Å². The predicted molar refractivity (Wildman–Crippen MR) is 221 cm³/mol. The van der Waals surface area contributed by atoms with E-state index in [2.05, 4.69) is 44.9 Å². The number of rotatable bonds is 15. The van der Waals surface area contributed by atoms with E-state index < -0.39 is 107 Å². The quantitative estimate of drug-likeness (QED) is 0.0472. The van der Waals surface area contributed by atoms with Gasteiger partial charge in [-0.25, -0.2) is 44.9 Å². The minimum absolute atomic E-state index is 0.0233. The van der Waals surface area contributed by atoms with Gasteiger partial charge in [-0.2, -0.15) is 0 Å². The molecular formula is C31H39N15O14P2S2. The van der Waals surface area contributed by atoms with Crippen LogP contribution in [0.5, 0.6) is 0 Å². The molecule has 9 heterocycles. The second-order valence-electron chi connectivity index (χ2n) is 14.5. The van der Waals surface area contributed by atoms with Gasteiger partial charge in [-0.15, -0.1) is 0 Å². The summed E-state index contributed by atoms with van der Waals surface area (Å²) in [6.07, 6.45) is -8.35. The third-order valence-electron chi connectivity index (χ3n) is 10.7. The summed E-state index contributed by atoms with van der Waals surface area (Å²) in [6.45, 7) is -10.5. The number of anilines is 3. The molecule has 9 rings (SSSR count). The fraction of sp³-hybridized carbons (Fsp3) is 0.516. The number of aliphatic hydroxyl groups excluding tert-OH is 4. The predicted octanol–water partition coefficient (Wildman–Crippen LogP) is -2.73. The Kier molecular flexibility index (Phi) is 12.3. The molecule has 0 aliphatic carbocycles. The maximum atomic E-state index is 11.7. The second kappa shape index (κ2) is 17.5. The van der Waals surface area contributed by atoms with Crippen molar-refractivity contribution in [2.24, 2.45) is 0 Å². The Balaban J connectivity index is 0.919. The summed E-state index contributed by atoms with van der Waals surface area (Å²) in [5, 5.41) is 43.7. The number of aliphatic hydroxyl groups is 4. The molecule has 0 bridgehead atoms. The number of nitrogens with zero attached hydrogens (tertiary/aromatic N) is 12. The van der Waals surface area contributed by atoms with Crippen molar-refractivity contribution in [1.82, 2.24) is 58.6 Å². The molecule has 33 heteroatoms. The molecule has 3 saturated heterocycles. The molecule has 3 aliphatic heterocycles. The van der Waals surface area contributed by atoms with Crippen LogP contribution >= 0.6 is 13.4 Å². The maximum Gasteiger partial charge on any atom is 0.325 e. The molecule has 6 aromatic rings. The molecule has 29 nitrogen and oxygen atoms in total. The summed E-state index contributed by atoms with van der Waals surface area (Å²) in [4.78, 5) is 59.9. The summed E-state index contributed by atoms with van der Waals surface area (Å²) in [5.41, 5.74) is 19.2. The van der Waals surface area contributed by atoms with Crippen LogP contribution in [0.15, 0.2) is 38.0 Å². The van der Waals surface area contributed by atoms with E-state index in [-0.39, 0.29) is 50.9 Å². The zero-order valence-corrected chi connectivity index (χ0v) is 36.2. The molecule has 14 atom stereocenters. The van der Waals surface area contributed by atoms with Gasteiger partial charge in [0.15, 0.2) is 53.1 Å². The third-order valence-corrected chi connectivity index (χ3v) is 13.8. The molecule has 3 fully saturated rings. The normalized spacial score (nSPS) is 31.6. The fourth-order valence-electron chi connectivity index (χ4n) is 7.64. The average molecular weight is 972 g/mol. The summed E-state index contributed by atoms with van der Waals surface area (Å²) >= 11 is 10.8. The lowest BCUT2D eigenvalue weighted by atomic mass is 10.1. The molecule has 14 unspecified atom stereocenters. The fourth-order valence-corrected chi connectivity index (χ4v) is 10.5. The first-order chi connectivity index (χ1) is 30.6. The molecule has 6 aromatic heterocycles. The van der Waals surface area contributed by atoms with Crippen LogP contribution in [-0.4, -0.2) is 171 Å². The number of aromatic nitrogens is 12. The Morgan fingerprint density at radius 1 is 0.578 bits per heavy atom. The van der Waals surface area contributed by atoms with Gasteiger partial charge >= 0.3 is 13.4 Å². The Morgan fingerprint density at radius 2 is 0.984 bits per heavy atom. The summed E-state index contributed by atoms with van der Waals surface area (Å²) in [5.74, 6) is 0.200. The van der Waals surface area contributed by atoms with E-state index in [0.29, 0.717) is 0 Å². The highest BCUT2D eigenvalue weighted by atomic mass is 32.5. The van der Waals surface area contributed by atoms with Crippen LogP contribution < -0.4 is 17.2 Å². The maximum absolute atomic E-state index is 11.7. The molecule has 344 valence electrons. The van der Waals surface area contributed by atoms with Crippen LogP contribution in [0.3, 0.4) is 0 Å². The lowest BCUT2D eigenvalue weighted by Crippen LogP contribution is -2.37. The molecule has 64 heavy (non-hydrogen) atoms. The number of hydrogen-bond donors (Lipinski definition) is 9. The lowest BCUT2D eigenvalue weighted by Gasteiger charge is -2.28. The summed E-state index contributed by atoms with van der Waals surface area (Å²) in [7, 11) is 1.34. The highest BCUT2D eigenvalue weighted by Gasteiger charge is 2.52. The van der Waals surface area contributed by atoms with Crippen molar-refractivity contribution in [2.75, 3.05) is 44.1 Å². The van der Waals surface area contributed by atoms with Crippen molar-refractivity contribution in [3.05, 3.63) is 38.0 Å². The van der Waals surface area contributed by atoms with Gasteiger partial charge in [0.1, 0.15) is 90.5 Å². The van der Waals surface area contributed by atoms with E-state index in [1.165, 1.54) is 58.8 Å². The first kappa shape index (κ1) is 45.0. The van der Waals surface area contributed by atoms with Crippen LogP contribution in [0, 0.1) is 0 Å². The van der Waals surface area contributed by atoms with Crippen molar-refractivity contribution >= 4 is 88.0 Å². The Labute approximate surface area is 368 Å². The molecule has 0 saturated carbocycles. The molecule has 12 N–H and O–H groups in total. The van der Waals surface area contributed by atoms with E-state index in [1.807, 2.05) is 0 Å². The summed E-state index contributed by atoms with van der Waals surface area (Å²) in [6, 6.07) is 0. The monoisotopic (exact) mass is 971 g/mol. The van der Waals surface area contributed by atoms with E-state index in [1.54, 1.807) is 0 Å². The number of imidazole rings is 3. The number of nitrogen functional groups attached to an aromatic ring is 3. The van der Waals surface area contributed by atoms with Gasteiger partial charge in [0, 0.05) is 7.11 Å². The number of methoxy groups -OCH3 is 1. The molecular weight excluding hydrogens is 933 g/mol. The van der Waals surface area contributed by atoms with Gasteiger partial charge in [-0.3, -0.25) is 22.7 Å². The average Bonchev–Trinajstić information content (AvgIpc) is 4.12. The van der Waals surface area contributed by atoms with Crippen LogP contribution in [0.1, 0.15) is 18.7 Å². The Hall–Kier alpha value is -4.21. The van der Waals surface area contributed by atoms with Crippen LogP contribution in [0.25, 0.3) is 33.5 Å². The van der Waals surface area contributed by atoms with E-state index >= 15 is 0 Å². The number of nitrogens with two attached hydrogens (primary N) is 3. The van der Waals surface area contributed by atoms with Gasteiger partial charge < -0.3 is 75.4 Å². The topological polar surface area (TPSA) is 404 Å². The molecule has 0 radical (unpaired) electrons. The van der Waals surface area contributed by atoms with Gasteiger partial charge in [-0.05, 0) is 23.6 Å². The number of ether oxygens (including phenoxy) is 4. The number of hydrogen-bond acceptors (Lipinski definition) is 26. The van der Waals surface area contributed by atoms with Crippen LogP contribution in [0.4, 0.5) is 17.5 Å². The van der Waals surface area contributed by atoms with Gasteiger partial charge in [-0.1, -0.05) is 0 Å². The van der Waals surface area contributed by atoms with Crippen molar-refractivity contribution < 1.29 is 67.3 Å². The van der Waals surface area contributed by atoms with E-state index in [9.17, 15) is 30.2 Å². The van der Waals surface area contributed by atoms with E-state index in [4.69, 9.17) is 77.9 Å². The van der Waals surface area contributed by atoms with Crippen molar-refractivity contribution in [1.29, 1.82) is 0 Å². The molecule has 0 amide bonds. The van der Waals surface area contributed by atoms with Gasteiger partial charge in [0.25, 0.3) is 0 Å². The number of fused-ring (bicyclic) bond motifs is 3. The minimum Gasteiger partial charge on any atom is -0.394 e. The zero-order chi connectivity index (χ0) is 45.2. The summed E-state index contributed by atoms with van der Waals surface area (Å²) < 4.78 is 51.2. The molecule has 3 aliphatic rings. The molecule has 0 spiro atoms. The van der Waals surface area contributed by atoms with E-state index in [0.717, 1.165) is 0 Å². The Morgan fingerprint density at radius 3 is 1.45 bits per heavy atom. The smallest absolute Gasteiger partial charge is 0.325 e. The van der Waals surface area contributed by atoms with Crippen molar-refractivity contribution in [2.45, 2.75) is 73.6 Å². The standard InChI is InChI=1S/C31H39N15O14P2S2/c1-53-20-11(2-47)56-31(46-10-43-16-25(34)37-7-40-28(16)46)22(20)60-62(52,64)55-4-13-18(49)21(30(58-13)45-9-42-15-24(33)36-6-39-27(15)45)59-61(51,63)54-3-12-17(48)19(50)29(57-12)44-8-41-14-23(32)35-5-38-26(14)44/h5-13,17-22,29-31,47-50H,2-4H2,1H3,(H,51,63)(H,52,64)(H2,32,35,38)(H2,33,36,39)(H2,34,37,40). The van der Waals surface area contributed by atoms with Gasteiger partial charge in [0.05, 0.1) is 38.8 Å².